The quantitative estimate of drug-likeness (QED) is 0.632. The van der Waals surface area contributed by atoms with Crippen molar-refractivity contribution < 1.29 is 4.42 Å². The fourth-order valence-corrected chi connectivity index (χ4v) is 3.03. The van der Waals surface area contributed by atoms with E-state index in [0.717, 1.165) is 18.3 Å². The van der Waals surface area contributed by atoms with E-state index in [1.165, 1.54) is 32.4 Å². The van der Waals surface area contributed by atoms with Crippen LogP contribution in [0.1, 0.15) is 65.5 Å². The monoisotopic (exact) mass is 349 g/mol. The highest BCUT2D eigenvalue weighted by Crippen LogP contribution is 2.22. The first-order valence-corrected chi connectivity index (χ1v) is 9.37. The fourth-order valence-electron chi connectivity index (χ4n) is 3.03. The van der Waals surface area contributed by atoms with Gasteiger partial charge in [0.2, 0.25) is 5.89 Å². The van der Waals surface area contributed by atoms with Crippen molar-refractivity contribution in [2.24, 2.45) is 4.99 Å². The molecule has 0 aromatic carbocycles. The number of hydrogen-bond acceptors (Lipinski definition) is 4. The first kappa shape index (κ1) is 19.8. The molecule has 25 heavy (non-hydrogen) atoms. The number of nitrogens with one attached hydrogen (secondary N) is 2. The minimum Gasteiger partial charge on any atom is -0.443 e. The maximum atomic E-state index is 5.82. The molecule has 1 aromatic rings. The molecule has 0 aliphatic carbocycles. The van der Waals surface area contributed by atoms with Crippen molar-refractivity contribution in [2.45, 2.75) is 71.4 Å². The third kappa shape index (κ3) is 5.73. The summed E-state index contributed by atoms with van der Waals surface area (Å²) < 4.78 is 5.82. The number of guanidine groups is 1. The number of rotatable bonds is 5. The van der Waals surface area contributed by atoms with Gasteiger partial charge in [0.1, 0.15) is 5.76 Å². The van der Waals surface area contributed by atoms with E-state index >= 15 is 0 Å². The molecule has 0 atom stereocenters. The summed E-state index contributed by atoms with van der Waals surface area (Å²) in [4.78, 5) is 11.2. The van der Waals surface area contributed by atoms with E-state index in [0.29, 0.717) is 12.4 Å². The molecule has 1 aliphatic heterocycles. The van der Waals surface area contributed by atoms with Crippen LogP contribution in [-0.2, 0) is 12.0 Å². The van der Waals surface area contributed by atoms with E-state index in [1.54, 1.807) is 7.05 Å². The lowest BCUT2D eigenvalue weighted by atomic mass is 9.94. The highest BCUT2D eigenvalue weighted by molar-refractivity contribution is 5.79. The smallest absolute Gasteiger partial charge is 0.213 e. The maximum Gasteiger partial charge on any atom is 0.213 e. The third-order valence-electron chi connectivity index (χ3n) is 4.82. The van der Waals surface area contributed by atoms with Crippen LogP contribution in [0.15, 0.2) is 15.6 Å². The van der Waals surface area contributed by atoms with E-state index < -0.39 is 0 Å². The van der Waals surface area contributed by atoms with Crippen molar-refractivity contribution in [3.05, 3.63) is 17.8 Å². The van der Waals surface area contributed by atoms with Crippen LogP contribution in [-0.4, -0.2) is 48.1 Å². The van der Waals surface area contributed by atoms with Gasteiger partial charge in [-0.25, -0.2) is 4.98 Å². The Balaban J connectivity index is 1.83. The maximum absolute atomic E-state index is 5.82. The predicted octanol–water partition coefficient (Wildman–Crippen LogP) is 2.90. The molecule has 0 saturated carbocycles. The van der Waals surface area contributed by atoms with E-state index in [1.807, 2.05) is 6.20 Å². The summed E-state index contributed by atoms with van der Waals surface area (Å²) in [6, 6.07) is 0. The summed E-state index contributed by atoms with van der Waals surface area (Å²) in [5.41, 5.74) is 0.0873. The summed E-state index contributed by atoms with van der Waals surface area (Å²) in [5, 5.41) is 6.73. The average molecular weight is 350 g/mol. The summed E-state index contributed by atoms with van der Waals surface area (Å²) in [5.74, 6) is 2.36. The van der Waals surface area contributed by atoms with Crippen LogP contribution in [0.3, 0.4) is 0 Å². The van der Waals surface area contributed by atoms with Gasteiger partial charge in [-0.3, -0.25) is 9.89 Å². The second kappa shape index (κ2) is 8.21. The molecule has 6 nitrogen and oxygen atoms in total. The van der Waals surface area contributed by atoms with Crippen molar-refractivity contribution in [3.63, 3.8) is 0 Å². The number of nitrogens with zero attached hydrogens (tertiary/aromatic N) is 3. The first-order chi connectivity index (χ1) is 11.7. The standard InChI is InChI=1S/C19H35N5O/c1-18(2,3)15-12-21-16(25-15)13-22-17(20-6)23-14-19(4,5)24-10-8-7-9-11-24/h12H,7-11,13-14H2,1-6H3,(H2,20,22,23). The van der Waals surface area contributed by atoms with Gasteiger partial charge < -0.3 is 15.1 Å². The third-order valence-corrected chi connectivity index (χ3v) is 4.82. The molecule has 1 aromatic heterocycles. The van der Waals surface area contributed by atoms with Crippen molar-refractivity contribution >= 4 is 5.96 Å². The summed E-state index contributed by atoms with van der Waals surface area (Å²) in [6.07, 6.45) is 5.77. The Morgan fingerprint density at radius 3 is 2.40 bits per heavy atom. The molecule has 142 valence electrons. The number of aliphatic imine (C=N–C) groups is 1. The van der Waals surface area contributed by atoms with Gasteiger partial charge in [0, 0.05) is 24.5 Å². The van der Waals surface area contributed by atoms with E-state index in [-0.39, 0.29) is 11.0 Å². The lowest BCUT2D eigenvalue weighted by Crippen LogP contribution is -2.54. The minimum absolute atomic E-state index is 0.0242. The van der Waals surface area contributed by atoms with Crippen molar-refractivity contribution in [2.75, 3.05) is 26.7 Å². The normalized spacial score (nSPS) is 17.6. The molecular weight excluding hydrogens is 314 g/mol. The van der Waals surface area contributed by atoms with Crippen LogP contribution in [0.2, 0.25) is 0 Å². The van der Waals surface area contributed by atoms with Crippen molar-refractivity contribution in [1.29, 1.82) is 0 Å². The fraction of sp³-hybridized carbons (Fsp3) is 0.789. The molecule has 1 saturated heterocycles. The van der Waals surface area contributed by atoms with Gasteiger partial charge in [0.25, 0.3) is 0 Å². The topological polar surface area (TPSA) is 65.7 Å². The Labute approximate surface area is 152 Å². The molecule has 0 radical (unpaired) electrons. The van der Waals surface area contributed by atoms with Crippen LogP contribution in [0.5, 0.6) is 0 Å². The molecule has 2 N–H and O–H groups in total. The lowest BCUT2D eigenvalue weighted by Gasteiger charge is -2.41. The summed E-state index contributed by atoms with van der Waals surface area (Å²) >= 11 is 0. The van der Waals surface area contributed by atoms with Crippen LogP contribution in [0.4, 0.5) is 0 Å². The van der Waals surface area contributed by atoms with Gasteiger partial charge in [-0.2, -0.15) is 0 Å². The Morgan fingerprint density at radius 1 is 1.16 bits per heavy atom. The number of piperidine rings is 1. The molecule has 2 rings (SSSR count). The van der Waals surface area contributed by atoms with Gasteiger partial charge in [-0.1, -0.05) is 27.2 Å². The highest BCUT2D eigenvalue weighted by Gasteiger charge is 2.28. The van der Waals surface area contributed by atoms with Crippen LogP contribution in [0, 0.1) is 0 Å². The second-order valence-electron chi connectivity index (χ2n) is 8.51. The SMILES string of the molecule is CN=C(NCc1ncc(C(C)(C)C)o1)NCC(C)(C)N1CCCCC1. The zero-order valence-corrected chi connectivity index (χ0v) is 16.8. The van der Waals surface area contributed by atoms with Gasteiger partial charge in [0.05, 0.1) is 12.7 Å². The zero-order chi connectivity index (χ0) is 18.5. The molecular formula is C19H35N5O. The average Bonchev–Trinajstić information content (AvgIpc) is 3.05. The first-order valence-electron chi connectivity index (χ1n) is 9.37. The Kier molecular flexibility index (Phi) is 6.49. The number of hydrogen-bond donors (Lipinski definition) is 2. The van der Waals surface area contributed by atoms with E-state index in [2.05, 4.69) is 60.1 Å². The second-order valence-corrected chi connectivity index (χ2v) is 8.51. The van der Waals surface area contributed by atoms with Gasteiger partial charge in [-0.05, 0) is 39.8 Å². The molecule has 1 aliphatic rings. The highest BCUT2D eigenvalue weighted by atomic mass is 16.4. The van der Waals surface area contributed by atoms with Crippen molar-refractivity contribution in [3.8, 4) is 0 Å². The van der Waals surface area contributed by atoms with E-state index in [9.17, 15) is 0 Å². The summed E-state index contributed by atoms with van der Waals surface area (Å²) in [7, 11) is 1.79. The molecule has 0 spiro atoms. The Morgan fingerprint density at radius 2 is 1.84 bits per heavy atom. The lowest BCUT2D eigenvalue weighted by molar-refractivity contribution is 0.0982. The Hall–Kier alpha value is -1.56. The van der Waals surface area contributed by atoms with Gasteiger partial charge in [0.15, 0.2) is 5.96 Å². The van der Waals surface area contributed by atoms with Gasteiger partial charge in [-0.15, -0.1) is 0 Å². The van der Waals surface area contributed by atoms with Crippen molar-refractivity contribution in [1.82, 2.24) is 20.5 Å². The molecule has 1 fully saturated rings. The Bertz CT molecular complexity index is 565. The largest absolute Gasteiger partial charge is 0.443 e. The zero-order valence-electron chi connectivity index (χ0n) is 16.8. The minimum atomic E-state index is -0.0242. The molecule has 0 bridgehead atoms. The number of oxazole rings is 1. The van der Waals surface area contributed by atoms with Gasteiger partial charge >= 0.3 is 0 Å². The summed E-state index contributed by atoms with van der Waals surface area (Å²) in [6.45, 7) is 14.7. The number of aromatic nitrogens is 1. The molecule has 0 amide bonds. The van der Waals surface area contributed by atoms with E-state index in [4.69, 9.17) is 4.42 Å². The molecule has 2 heterocycles. The van der Waals surface area contributed by atoms with Crippen LogP contribution in [0.25, 0.3) is 0 Å². The molecule has 6 heteroatoms. The predicted molar refractivity (Wildman–Crippen MR) is 103 cm³/mol. The molecule has 0 unspecified atom stereocenters. The van der Waals surface area contributed by atoms with Crippen LogP contribution < -0.4 is 10.6 Å². The van der Waals surface area contributed by atoms with Crippen LogP contribution >= 0.6 is 0 Å². The number of likely N-dealkylation sites (tertiary alicyclic amines) is 1.